The molecule has 0 fully saturated rings. The maximum atomic E-state index is 13.4. The summed E-state index contributed by atoms with van der Waals surface area (Å²) in [6, 6.07) is 11.7. The molecule has 0 spiro atoms. The number of amides is 2. The molecule has 2 aromatic carbocycles. The van der Waals surface area contributed by atoms with Crippen molar-refractivity contribution in [1.29, 1.82) is 0 Å². The number of nitrogens with one attached hydrogen (secondary N) is 1. The van der Waals surface area contributed by atoms with Gasteiger partial charge >= 0.3 is 6.29 Å². The Morgan fingerprint density at radius 1 is 1.18 bits per heavy atom. The van der Waals surface area contributed by atoms with Gasteiger partial charge in [0.15, 0.2) is 11.5 Å². The van der Waals surface area contributed by atoms with Crippen LogP contribution in [0.5, 0.6) is 17.2 Å². The summed E-state index contributed by atoms with van der Waals surface area (Å²) < 4.78 is 41.1. The number of carbonyl (C=O) groups is 2. The van der Waals surface area contributed by atoms with E-state index in [0.29, 0.717) is 30.0 Å². The van der Waals surface area contributed by atoms with Crippen molar-refractivity contribution in [1.82, 2.24) is 14.8 Å². The van der Waals surface area contributed by atoms with Crippen LogP contribution in [0, 0.1) is 0 Å². The molecule has 1 aliphatic rings. The molecule has 2 heterocycles. The van der Waals surface area contributed by atoms with E-state index in [9.17, 15) is 18.4 Å². The van der Waals surface area contributed by atoms with E-state index in [4.69, 9.17) is 4.74 Å². The lowest BCUT2D eigenvalue weighted by Gasteiger charge is -2.24. The fraction of sp³-hybridized carbons (Fsp3) is 0.304. The second-order valence-electron chi connectivity index (χ2n) is 7.51. The molecule has 0 saturated carbocycles. The molecule has 2 amide bonds. The first-order chi connectivity index (χ1) is 15.8. The Bertz CT molecular complexity index is 1180. The molecule has 0 bridgehead atoms. The molecule has 1 N–H and O–H groups in total. The quantitative estimate of drug-likeness (QED) is 0.494. The molecule has 0 radical (unpaired) electrons. The summed E-state index contributed by atoms with van der Waals surface area (Å²) in [5.74, 6) is 0.305. The largest absolute Gasteiger partial charge is 0.586 e. The van der Waals surface area contributed by atoms with E-state index in [1.54, 1.807) is 36.3 Å². The van der Waals surface area contributed by atoms with Crippen molar-refractivity contribution in [3.05, 3.63) is 53.7 Å². The number of aromatic nitrogens is 1. The predicted molar refractivity (Wildman–Crippen MR) is 116 cm³/mol. The first-order valence-corrected chi connectivity index (χ1v) is 10.4. The molecule has 0 atom stereocenters. The molecular formula is C23H23F2N3O5. The molecule has 1 aromatic heterocycles. The fourth-order valence-electron chi connectivity index (χ4n) is 3.71. The van der Waals surface area contributed by atoms with Gasteiger partial charge in [-0.05, 0) is 37.3 Å². The Kier molecular flexibility index (Phi) is 6.08. The number of alkyl halides is 2. The summed E-state index contributed by atoms with van der Waals surface area (Å²) >= 11 is 0. The van der Waals surface area contributed by atoms with E-state index in [1.165, 1.54) is 11.0 Å². The van der Waals surface area contributed by atoms with E-state index < -0.39 is 6.29 Å². The van der Waals surface area contributed by atoms with Gasteiger partial charge in [0.25, 0.3) is 5.91 Å². The van der Waals surface area contributed by atoms with E-state index in [2.05, 4.69) is 14.5 Å². The number of nitrogens with zero attached hydrogens (tertiary/aromatic N) is 2. The van der Waals surface area contributed by atoms with Crippen LogP contribution >= 0.6 is 0 Å². The number of fused-ring (bicyclic) bond motifs is 2. The van der Waals surface area contributed by atoms with Gasteiger partial charge in [-0.3, -0.25) is 9.59 Å². The number of hydrogen-bond donors (Lipinski definition) is 1. The first kappa shape index (κ1) is 22.4. The Hall–Kier alpha value is -3.82. The number of H-pyrrole nitrogens is 1. The number of rotatable bonds is 9. The van der Waals surface area contributed by atoms with Gasteiger partial charge in [-0.2, -0.15) is 0 Å². The van der Waals surface area contributed by atoms with E-state index in [1.807, 2.05) is 19.1 Å². The molecule has 0 saturated heterocycles. The average Bonchev–Trinajstić information content (AvgIpc) is 3.37. The zero-order valence-corrected chi connectivity index (χ0v) is 18.1. The zero-order chi connectivity index (χ0) is 23.6. The minimum absolute atomic E-state index is 0.0318. The average molecular weight is 459 g/mol. The summed E-state index contributed by atoms with van der Waals surface area (Å²) in [6.45, 7) is 2.76. The van der Waals surface area contributed by atoms with Crippen molar-refractivity contribution >= 4 is 23.2 Å². The van der Waals surface area contributed by atoms with E-state index in [0.717, 1.165) is 10.9 Å². The second-order valence-corrected chi connectivity index (χ2v) is 7.51. The second kappa shape index (κ2) is 8.97. The topological polar surface area (TPSA) is 84.1 Å². The minimum Gasteiger partial charge on any atom is -0.497 e. The molecule has 10 heteroatoms. The molecule has 0 aliphatic carbocycles. The summed E-state index contributed by atoms with van der Waals surface area (Å²) in [5, 5.41) is 0.847. The van der Waals surface area contributed by atoms with Gasteiger partial charge in [-0.25, -0.2) is 0 Å². The van der Waals surface area contributed by atoms with Gasteiger partial charge in [-0.1, -0.05) is 12.1 Å². The normalized spacial score (nSPS) is 13.7. The van der Waals surface area contributed by atoms with E-state index in [-0.39, 0.29) is 37.0 Å². The molecule has 174 valence electrons. The first-order valence-electron chi connectivity index (χ1n) is 10.4. The lowest BCUT2D eigenvalue weighted by molar-refractivity contribution is -0.287. The van der Waals surface area contributed by atoms with Crippen molar-refractivity contribution in [2.45, 2.75) is 19.8 Å². The Morgan fingerprint density at radius 2 is 2.00 bits per heavy atom. The van der Waals surface area contributed by atoms with Crippen molar-refractivity contribution < 1.29 is 32.6 Å². The molecule has 4 rings (SSSR count). The third kappa shape index (κ3) is 4.69. The monoisotopic (exact) mass is 459 g/mol. The Morgan fingerprint density at radius 3 is 2.73 bits per heavy atom. The smallest absolute Gasteiger partial charge is 0.497 e. The van der Waals surface area contributed by atoms with Crippen LogP contribution in [0.15, 0.2) is 42.5 Å². The van der Waals surface area contributed by atoms with E-state index >= 15 is 0 Å². The Balaban J connectivity index is 1.43. The van der Waals surface area contributed by atoms with Gasteiger partial charge in [-0.15, -0.1) is 8.78 Å². The summed E-state index contributed by atoms with van der Waals surface area (Å²) in [4.78, 5) is 30.8. The van der Waals surface area contributed by atoms with Gasteiger partial charge < -0.3 is 29.0 Å². The number of ether oxygens (including phenoxy) is 3. The summed E-state index contributed by atoms with van der Waals surface area (Å²) in [5.41, 5.74) is 1.61. The fourth-order valence-corrected chi connectivity index (χ4v) is 3.71. The van der Waals surface area contributed by atoms with Gasteiger partial charge in [0, 0.05) is 42.6 Å². The highest BCUT2D eigenvalue weighted by atomic mass is 19.3. The van der Waals surface area contributed by atoms with Crippen LogP contribution < -0.4 is 14.2 Å². The number of aromatic amines is 1. The Labute approximate surface area is 188 Å². The summed E-state index contributed by atoms with van der Waals surface area (Å²) in [6.07, 6.45) is -3.12. The van der Waals surface area contributed by atoms with Crippen molar-refractivity contribution in [3.8, 4) is 17.2 Å². The predicted octanol–water partition coefficient (Wildman–Crippen LogP) is 3.62. The molecule has 8 nitrogen and oxygen atoms in total. The number of hydrogen-bond acceptors (Lipinski definition) is 5. The highest BCUT2D eigenvalue weighted by molar-refractivity contribution is 5.98. The SMILES string of the molecule is CCN(CCN(C=O)Cc1cccc2c1OC(F)(F)O2)C(=O)c1cc2cc(OC)ccc2[nH]1. The highest BCUT2D eigenvalue weighted by Crippen LogP contribution is 2.43. The molecule has 33 heavy (non-hydrogen) atoms. The summed E-state index contributed by atoms with van der Waals surface area (Å²) in [7, 11) is 1.58. The van der Waals surface area contributed by atoms with Crippen molar-refractivity contribution in [2.75, 3.05) is 26.7 Å². The maximum absolute atomic E-state index is 13.4. The molecule has 3 aromatic rings. The number of benzene rings is 2. The molecule has 0 unspecified atom stereocenters. The van der Waals surface area contributed by atoms with Crippen LogP contribution in [0.3, 0.4) is 0 Å². The lowest BCUT2D eigenvalue weighted by atomic mass is 10.1. The van der Waals surface area contributed by atoms with Crippen LogP contribution in [0.25, 0.3) is 10.9 Å². The highest BCUT2D eigenvalue weighted by Gasteiger charge is 2.44. The zero-order valence-electron chi connectivity index (χ0n) is 18.1. The maximum Gasteiger partial charge on any atom is 0.586 e. The van der Waals surface area contributed by atoms with Crippen LogP contribution in [0.4, 0.5) is 8.78 Å². The number of para-hydroxylation sites is 1. The number of halogens is 2. The van der Waals surface area contributed by atoms with Gasteiger partial charge in [0.05, 0.1) is 7.11 Å². The molecular weight excluding hydrogens is 436 g/mol. The third-order valence-electron chi connectivity index (χ3n) is 5.42. The van der Waals surface area contributed by atoms with Gasteiger partial charge in [0.2, 0.25) is 6.41 Å². The third-order valence-corrected chi connectivity index (χ3v) is 5.42. The van der Waals surface area contributed by atoms with Crippen LogP contribution in [0.2, 0.25) is 0 Å². The number of carbonyl (C=O) groups excluding carboxylic acids is 2. The standard InChI is InChI=1S/C23H23F2N3O5/c1-3-28(22(30)19-12-16-11-17(31-2)7-8-18(16)26-19)10-9-27(14-29)13-15-5-4-6-20-21(15)33-23(24,25)32-20/h4-8,11-12,14,26H,3,9-10,13H2,1-2H3. The van der Waals surface area contributed by atoms with Crippen LogP contribution in [0.1, 0.15) is 23.0 Å². The minimum atomic E-state index is -3.74. The number of methoxy groups -OCH3 is 1. The van der Waals surface area contributed by atoms with Crippen molar-refractivity contribution in [3.63, 3.8) is 0 Å². The van der Waals surface area contributed by atoms with Crippen LogP contribution in [-0.2, 0) is 11.3 Å². The number of likely N-dealkylation sites (N-methyl/N-ethyl adjacent to an activating group) is 1. The van der Waals surface area contributed by atoms with Crippen LogP contribution in [-0.4, -0.2) is 60.1 Å². The van der Waals surface area contributed by atoms with Gasteiger partial charge in [0.1, 0.15) is 11.4 Å². The lowest BCUT2D eigenvalue weighted by Crippen LogP contribution is -2.38. The molecule has 1 aliphatic heterocycles. The van der Waals surface area contributed by atoms with Crippen molar-refractivity contribution in [2.24, 2.45) is 0 Å².